The van der Waals surface area contributed by atoms with Gasteiger partial charge in [-0.2, -0.15) is 0 Å². The summed E-state index contributed by atoms with van der Waals surface area (Å²) in [6, 6.07) is 0. The van der Waals surface area contributed by atoms with Gasteiger partial charge in [0.2, 0.25) is 0 Å². The summed E-state index contributed by atoms with van der Waals surface area (Å²) in [6.07, 6.45) is 61.7. The lowest BCUT2D eigenvalue weighted by Gasteiger charge is -2.24. The number of esters is 2. The summed E-state index contributed by atoms with van der Waals surface area (Å²) in [6.45, 7) is 4.25. The highest BCUT2D eigenvalue weighted by atomic mass is 31.2. The maximum Gasteiger partial charge on any atom is 0.472 e. The number of phosphoric acid groups is 1. The second-order valence-electron chi connectivity index (χ2n) is 17.8. The van der Waals surface area contributed by atoms with E-state index >= 15 is 0 Å². The minimum Gasteiger partial charge on any atom is -0.462 e. The number of hydrogen-bond acceptors (Lipinski definition) is 7. The van der Waals surface area contributed by atoms with Crippen molar-refractivity contribution in [1.29, 1.82) is 0 Å². The summed E-state index contributed by atoms with van der Waals surface area (Å²) in [5.74, 6) is -0.838. The molecule has 0 fully saturated rings. The van der Waals surface area contributed by atoms with Crippen molar-refractivity contribution in [3.05, 3.63) is 97.2 Å². The maximum absolute atomic E-state index is 12.8. The summed E-state index contributed by atoms with van der Waals surface area (Å²) < 4.78 is 34.4. The first-order valence-corrected chi connectivity index (χ1v) is 27.0. The van der Waals surface area contributed by atoms with Crippen molar-refractivity contribution in [2.75, 3.05) is 47.5 Å². The van der Waals surface area contributed by atoms with Crippen molar-refractivity contribution in [2.24, 2.45) is 0 Å². The van der Waals surface area contributed by atoms with E-state index in [0.717, 1.165) is 116 Å². The minimum atomic E-state index is -4.39. The molecule has 0 radical (unpaired) electrons. The lowest BCUT2D eigenvalue weighted by molar-refractivity contribution is -0.870. The van der Waals surface area contributed by atoms with Crippen molar-refractivity contribution >= 4 is 19.8 Å². The van der Waals surface area contributed by atoms with Gasteiger partial charge in [-0.15, -0.1) is 0 Å². The highest BCUT2D eigenvalue weighted by Gasteiger charge is 2.27. The molecule has 0 aliphatic carbocycles. The van der Waals surface area contributed by atoms with E-state index in [4.69, 9.17) is 18.5 Å². The highest BCUT2D eigenvalue weighted by Crippen LogP contribution is 2.43. The second kappa shape index (κ2) is 46.1. The number of allylic oxidation sites excluding steroid dienone is 16. The predicted molar refractivity (Wildman–Crippen MR) is 275 cm³/mol. The van der Waals surface area contributed by atoms with E-state index in [1.165, 1.54) is 32.1 Å². The van der Waals surface area contributed by atoms with Crippen molar-refractivity contribution < 1.29 is 42.1 Å². The van der Waals surface area contributed by atoms with Gasteiger partial charge in [0, 0.05) is 12.8 Å². The first kappa shape index (κ1) is 61.9. The third-order valence-corrected chi connectivity index (χ3v) is 11.3. The van der Waals surface area contributed by atoms with Crippen molar-refractivity contribution in [1.82, 2.24) is 0 Å². The number of unbranched alkanes of at least 4 members (excludes halogenated alkanes) is 15. The normalized spacial score (nSPS) is 14.2. The van der Waals surface area contributed by atoms with Crippen LogP contribution in [0.4, 0.5) is 0 Å². The molecule has 0 aromatic carbocycles. The zero-order chi connectivity index (χ0) is 47.8. The number of phosphoric ester groups is 1. The van der Waals surface area contributed by atoms with E-state index in [0.29, 0.717) is 23.9 Å². The summed E-state index contributed by atoms with van der Waals surface area (Å²) in [4.78, 5) is 35.5. The van der Waals surface area contributed by atoms with Gasteiger partial charge in [0.05, 0.1) is 27.7 Å². The Kier molecular flexibility index (Phi) is 43.9. The second-order valence-corrected chi connectivity index (χ2v) is 19.3. The Hall–Kier alpha value is -3.07. The third-order valence-electron chi connectivity index (χ3n) is 10.3. The van der Waals surface area contributed by atoms with Crippen molar-refractivity contribution in [3.8, 4) is 0 Å². The monoisotopic (exact) mass is 929 g/mol. The van der Waals surface area contributed by atoms with Crippen LogP contribution in [0.25, 0.3) is 0 Å². The number of carbonyl (C=O) groups is 2. The average Bonchev–Trinajstić information content (AvgIpc) is 3.26. The highest BCUT2D eigenvalue weighted by molar-refractivity contribution is 7.47. The fourth-order valence-corrected chi connectivity index (χ4v) is 7.14. The topological polar surface area (TPSA) is 108 Å². The average molecular weight is 929 g/mol. The van der Waals surface area contributed by atoms with Crippen LogP contribution in [0.3, 0.4) is 0 Å². The predicted octanol–water partition coefficient (Wildman–Crippen LogP) is 15.3. The molecule has 0 aromatic rings. The standard InChI is InChI=1S/C55H94NO8P/c1-6-8-10-12-14-16-18-20-22-24-25-26-27-28-29-30-31-32-34-36-38-40-42-44-46-48-55(58)64-53(52-63-65(59,60)62-50-49-56(3,4)5)51-61-54(57)47-45-43-41-39-37-35-33-23-21-19-17-15-13-11-9-7-2/h8,10,14,16-17,19-20,22-23,25-26,28-29,31-33,53H,6-7,9,11-13,15,18,21,24,27,30,34-52H2,1-5H3/p+1/b10-8-,16-14-,19-17-,22-20-,26-25-,29-28-,32-31-,33-23-. The molecular formula is C55H95NO8P+. The molecule has 0 heterocycles. The number of quaternary nitrogens is 1. The number of rotatable bonds is 45. The maximum atomic E-state index is 12.8. The summed E-state index contributed by atoms with van der Waals surface area (Å²) in [5, 5.41) is 0. The van der Waals surface area contributed by atoms with Gasteiger partial charge in [0.25, 0.3) is 0 Å². The van der Waals surface area contributed by atoms with E-state index in [1.54, 1.807) is 0 Å². The molecule has 0 spiro atoms. The summed E-state index contributed by atoms with van der Waals surface area (Å²) in [7, 11) is 1.44. The number of carbonyl (C=O) groups excluding carboxylic acids is 2. The van der Waals surface area contributed by atoms with Gasteiger partial charge in [0.15, 0.2) is 6.10 Å². The van der Waals surface area contributed by atoms with E-state index < -0.39 is 26.5 Å². The Morgan fingerprint density at radius 1 is 0.492 bits per heavy atom. The lowest BCUT2D eigenvalue weighted by atomic mass is 10.1. The largest absolute Gasteiger partial charge is 0.472 e. The molecule has 9 nitrogen and oxygen atoms in total. The zero-order valence-electron chi connectivity index (χ0n) is 41.9. The van der Waals surface area contributed by atoms with Crippen LogP contribution in [0.5, 0.6) is 0 Å². The van der Waals surface area contributed by atoms with Gasteiger partial charge in [-0.25, -0.2) is 4.57 Å². The molecule has 1 N–H and O–H groups in total. The first-order chi connectivity index (χ1) is 31.5. The Morgan fingerprint density at radius 3 is 1.31 bits per heavy atom. The molecule has 0 saturated carbocycles. The van der Waals surface area contributed by atoms with E-state index in [1.807, 2.05) is 21.1 Å². The lowest BCUT2D eigenvalue weighted by Crippen LogP contribution is -2.37. The summed E-state index contributed by atoms with van der Waals surface area (Å²) in [5.41, 5.74) is 0. The molecule has 0 bridgehead atoms. The quantitative estimate of drug-likeness (QED) is 0.0211. The summed E-state index contributed by atoms with van der Waals surface area (Å²) >= 11 is 0. The molecule has 0 saturated heterocycles. The molecule has 0 aliphatic rings. The van der Waals surface area contributed by atoms with Crippen molar-refractivity contribution in [3.63, 3.8) is 0 Å². The third kappa shape index (κ3) is 50.2. The molecule has 10 heteroatoms. The molecule has 0 aromatic heterocycles. The molecular weight excluding hydrogens is 834 g/mol. The Morgan fingerprint density at radius 2 is 0.877 bits per heavy atom. The molecule has 372 valence electrons. The van der Waals surface area contributed by atoms with E-state index in [-0.39, 0.29) is 32.0 Å². The van der Waals surface area contributed by atoms with Crippen LogP contribution < -0.4 is 0 Å². The van der Waals surface area contributed by atoms with Crippen LogP contribution >= 0.6 is 7.82 Å². The number of hydrogen-bond donors (Lipinski definition) is 1. The number of nitrogens with zero attached hydrogens (tertiary/aromatic N) is 1. The van der Waals surface area contributed by atoms with Crippen LogP contribution in [-0.4, -0.2) is 74.9 Å². The van der Waals surface area contributed by atoms with Crippen LogP contribution in [0.15, 0.2) is 97.2 Å². The smallest absolute Gasteiger partial charge is 0.462 e. The van der Waals surface area contributed by atoms with Gasteiger partial charge >= 0.3 is 19.8 Å². The number of likely N-dealkylation sites (N-methyl/N-ethyl adjacent to an activating group) is 1. The van der Waals surface area contributed by atoms with Crippen LogP contribution in [-0.2, 0) is 32.7 Å². The van der Waals surface area contributed by atoms with Gasteiger partial charge < -0.3 is 18.9 Å². The van der Waals surface area contributed by atoms with E-state index in [9.17, 15) is 19.0 Å². The fraction of sp³-hybridized carbons (Fsp3) is 0.673. The van der Waals surface area contributed by atoms with Crippen molar-refractivity contribution in [2.45, 2.75) is 193 Å². The first-order valence-electron chi connectivity index (χ1n) is 25.5. The molecule has 0 aliphatic heterocycles. The van der Waals surface area contributed by atoms with Crippen LogP contribution in [0, 0.1) is 0 Å². The van der Waals surface area contributed by atoms with Crippen LogP contribution in [0.2, 0.25) is 0 Å². The molecule has 2 unspecified atom stereocenters. The number of ether oxygens (including phenoxy) is 2. The Bertz CT molecular complexity index is 1420. The van der Waals surface area contributed by atoms with Crippen LogP contribution in [0.1, 0.15) is 187 Å². The van der Waals surface area contributed by atoms with Gasteiger partial charge in [-0.3, -0.25) is 18.6 Å². The zero-order valence-corrected chi connectivity index (χ0v) is 42.8. The minimum absolute atomic E-state index is 0.0207. The molecule has 0 rings (SSSR count). The Balaban J connectivity index is 4.33. The fourth-order valence-electron chi connectivity index (χ4n) is 6.40. The molecule has 65 heavy (non-hydrogen) atoms. The molecule has 0 amide bonds. The van der Waals surface area contributed by atoms with Gasteiger partial charge in [-0.05, 0) is 96.3 Å². The van der Waals surface area contributed by atoms with Gasteiger partial charge in [-0.1, -0.05) is 175 Å². The molecule has 2 atom stereocenters. The van der Waals surface area contributed by atoms with E-state index in [2.05, 4.69) is 111 Å². The Labute approximate surface area is 398 Å². The van der Waals surface area contributed by atoms with Gasteiger partial charge in [0.1, 0.15) is 19.8 Å². The SMILES string of the molecule is CC/C=C\C/C=C\C/C=C\C/C=C\C/C=C\C/C=C\CCCCCCCCC(=O)OC(COC(=O)CCCCCCC/C=C\C/C=C\CCCCCC)COP(=O)(O)OCC[N+](C)(C)C.